The Kier molecular flexibility index (Phi) is 5.92. The second-order valence-electron chi connectivity index (χ2n) is 7.08. The van der Waals surface area contributed by atoms with Gasteiger partial charge in [-0.3, -0.25) is 4.31 Å². The maximum atomic E-state index is 13.4. The van der Waals surface area contributed by atoms with Crippen molar-refractivity contribution in [3.63, 3.8) is 0 Å². The molecule has 2 aromatic heterocycles. The summed E-state index contributed by atoms with van der Waals surface area (Å²) in [7, 11) is -2.26. The quantitative estimate of drug-likeness (QED) is 0.339. The Morgan fingerprint density at radius 3 is 2.35 bits per heavy atom. The number of anilines is 1. The van der Waals surface area contributed by atoms with E-state index in [1.807, 2.05) is 62.6 Å². The number of aryl methyl sites for hydroxylation is 2. The molecule has 31 heavy (non-hydrogen) atoms. The number of hydrogen-bond donors (Lipinski definition) is 0. The number of hydrogen-bond acceptors (Lipinski definition) is 7. The first kappa shape index (κ1) is 21.6. The lowest BCUT2D eigenvalue weighted by Gasteiger charge is -2.20. The fourth-order valence-electron chi connectivity index (χ4n) is 3.25. The van der Waals surface area contributed by atoms with Crippen LogP contribution in [0.4, 0.5) is 5.69 Å². The summed E-state index contributed by atoms with van der Waals surface area (Å²) >= 11 is 2.91. The van der Waals surface area contributed by atoms with Crippen molar-refractivity contribution in [1.82, 2.24) is 10.1 Å². The minimum atomic E-state index is -3.81. The monoisotopic (exact) mass is 471 g/mol. The number of thiophene rings is 1. The molecule has 4 rings (SSSR count). The molecule has 0 atom stereocenters. The van der Waals surface area contributed by atoms with Crippen molar-refractivity contribution in [2.75, 3.05) is 17.6 Å². The molecule has 2 aromatic carbocycles. The molecule has 0 saturated carbocycles. The highest BCUT2D eigenvalue weighted by molar-refractivity contribution is 7.98. The van der Waals surface area contributed by atoms with Gasteiger partial charge in [-0.15, -0.1) is 23.1 Å². The van der Waals surface area contributed by atoms with Crippen LogP contribution in [0, 0.1) is 13.8 Å². The Hall–Kier alpha value is -2.62. The zero-order valence-electron chi connectivity index (χ0n) is 17.5. The number of sulfonamides is 1. The van der Waals surface area contributed by atoms with Crippen LogP contribution >= 0.6 is 23.1 Å². The van der Waals surface area contributed by atoms with Crippen molar-refractivity contribution in [3.05, 3.63) is 65.0 Å². The number of thioether (sulfide) groups is 1. The van der Waals surface area contributed by atoms with Gasteiger partial charge in [0, 0.05) is 17.5 Å². The smallest absolute Gasteiger partial charge is 0.269 e. The first-order valence-electron chi connectivity index (χ1n) is 9.43. The van der Waals surface area contributed by atoms with Crippen LogP contribution in [0.15, 0.2) is 68.2 Å². The molecule has 6 nitrogen and oxygen atoms in total. The van der Waals surface area contributed by atoms with E-state index in [4.69, 9.17) is 4.52 Å². The second-order valence-corrected chi connectivity index (χ2v) is 10.8. The Bertz CT molecular complexity index is 1310. The Morgan fingerprint density at radius 2 is 1.71 bits per heavy atom. The molecule has 9 heteroatoms. The average Bonchev–Trinajstić information content (AvgIpc) is 3.42. The summed E-state index contributed by atoms with van der Waals surface area (Å²) in [4.78, 5) is 6.16. The van der Waals surface area contributed by atoms with Gasteiger partial charge in [-0.05, 0) is 79.1 Å². The summed E-state index contributed by atoms with van der Waals surface area (Å²) in [5, 5.41) is 5.77. The van der Waals surface area contributed by atoms with Crippen molar-refractivity contribution in [2.24, 2.45) is 0 Å². The van der Waals surface area contributed by atoms with Crippen LogP contribution in [0.2, 0.25) is 0 Å². The van der Waals surface area contributed by atoms with E-state index in [0.717, 1.165) is 21.6 Å². The zero-order valence-corrected chi connectivity index (χ0v) is 19.9. The molecule has 0 N–H and O–H groups in total. The van der Waals surface area contributed by atoms with Gasteiger partial charge in [0.05, 0.1) is 5.69 Å². The Balaban J connectivity index is 1.69. The van der Waals surface area contributed by atoms with Gasteiger partial charge in [0.1, 0.15) is 9.77 Å². The lowest BCUT2D eigenvalue weighted by atomic mass is 10.1. The predicted octanol–water partition coefficient (Wildman–Crippen LogP) is 5.63. The van der Waals surface area contributed by atoms with E-state index >= 15 is 0 Å². The summed E-state index contributed by atoms with van der Waals surface area (Å²) in [6.45, 7) is 3.89. The van der Waals surface area contributed by atoms with E-state index in [-0.39, 0.29) is 10.8 Å². The molecule has 0 aliphatic heterocycles. The van der Waals surface area contributed by atoms with E-state index in [9.17, 15) is 8.42 Å². The molecular formula is C22H21N3O3S3. The molecular weight excluding hydrogens is 450 g/mol. The fourth-order valence-corrected chi connectivity index (χ4v) is 6.15. The molecule has 0 fully saturated rings. The maximum Gasteiger partial charge on any atom is 0.269 e. The molecule has 4 aromatic rings. The van der Waals surface area contributed by atoms with Gasteiger partial charge in [-0.25, -0.2) is 8.42 Å². The van der Waals surface area contributed by atoms with Crippen molar-refractivity contribution in [2.45, 2.75) is 23.6 Å². The predicted molar refractivity (Wildman–Crippen MR) is 126 cm³/mol. The van der Waals surface area contributed by atoms with Crippen LogP contribution in [0.1, 0.15) is 11.1 Å². The van der Waals surface area contributed by atoms with E-state index in [1.54, 1.807) is 30.3 Å². The van der Waals surface area contributed by atoms with Gasteiger partial charge < -0.3 is 4.52 Å². The summed E-state index contributed by atoms with van der Waals surface area (Å²) in [6.07, 6.45) is 2.01. The van der Waals surface area contributed by atoms with E-state index < -0.39 is 10.0 Å². The lowest BCUT2D eigenvalue weighted by Crippen LogP contribution is -2.26. The Morgan fingerprint density at radius 1 is 1.03 bits per heavy atom. The molecule has 0 aliphatic carbocycles. The zero-order chi connectivity index (χ0) is 22.2. The Labute approximate surface area is 190 Å². The maximum absolute atomic E-state index is 13.4. The minimum absolute atomic E-state index is 0.145. The highest BCUT2D eigenvalue weighted by Gasteiger charge is 2.29. The minimum Gasteiger partial charge on any atom is -0.333 e. The molecule has 0 saturated heterocycles. The van der Waals surface area contributed by atoms with Crippen LogP contribution in [-0.4, -0.2) is 31.9 Å². The van der Waals surface area contributed by atoms with E-state index in [0.29, 0.717) is 16.4 Å². The fraction of sp³-hybridized carbons (Fsp3) is 0.182. The molecule has 2 heterocycles. The highest BCUT2D eigenvalue weighted by atomic mass is 32.2. The molecule has 0 aliphatic rings. The molecule has 0 unspecified atom stereocenters. The topological polar surface area (TPSA) is 76.3 Å². The van der Waals surface area contributed by atoms with Crippen LogP contribution in [0.25, 0.3) is 22.2 Å². The largest absolute Gasteiger partial charge is 0.333 e. The van der Waals surface area contributed by atoms with Crippen LogP contribution < -0.4 is 4.31 Å². The van der Waals surface area contributed by atoms with E-state index in [2.05, 4.69) is 10.1 Å². The third-order valence-corrected chi connectivity index (χ3v) is 8.41. The number of rotatable bonds is 6. The molecule has 0 bridgehead atoms. The van der Waals surface area contributed by atoms with E-state index in [1.165, 1.54) is 15.6 Å². The lowest BCUT2D eigenvalue weighted by molar-refractivity contribution is 0.432. The van der Waals surface area contributed by atoms with Gasteiger partial charge in [0.25, 0.3) is 15.9 Å². The standard InChI is InChI=1S/C22H21N3O3S3/c1-14-11-15(2)13-17(12-14)25(3)31(26,27)19-9-10-30-20(19)22-23-21(24-28-22)16-5-7-18(29-4)8-6-16/h5-13H,1-4H3. The molecule has 0 spiro atoms. The SMILES string of the molecule is CSc1ccc(-c2noc(-c3sccc3S(=O)(=O)N(C)c3cc(C)cc(C)c3)n2)cc1. The van der Waals surface area contributed by atoms with Gasteiger partial charge in [-0.1, -0.05) is 11.2 Å². The van der Waals surface area contributed by atoms with Gasteiger partial charge in [-0.2, -0.15) is 4.98 Å². The van der Waals surface area contributed by atoms with Crippen LogP contribution in [0.5, 0.6) is 0 Å². The highest BCUT2D eigenvalue weighted by Crippen LogP contribution is 2.36. The number of aromatic nitrogens is 2. The third-order valence-electron chi connectivity index (χ3n) is 4.81. The van der Waals surface area contributed by atoms with Crippen molar-refractivity contribution >= 4 is 38.8 Å². The van der Waals surface area contributed by atoms with Crippen LogP contribution in [0.3, 0.4) is 0 Å². The third kappa shape index (κ3) is 4.26. The number of benzene rings is 2. The number of nitrogens with zero attached hydrogens (tertiary/aromatic N) is 3. The van der Waals surface area contributed by atoms with Gasteiger partial charge in [0.2, 0.25) is 5.82 Å². The average molecular weight is 472 g/mol. The van der Waals surface area contributed by atoms with Crippen LogP contribution in [-0.2, 0) is 10.0 Å². The van der Waals surface area contributed by atoms with Crippen molar-refractivity contribution < 1.29 is 12.9 Å². The summed E-state index contributed by atoms with van der Waals surface area (Å²) in [5.74, 6) is 0.605. The molecule has 0 radical (unpaired) electrons. The summed E-state index contributed by atoms with van der Waals surface area (Å²) < 4.78 is 33.5. The van der Waals surface area contributed by atoms with Gasteiger partial charge >= 0.3 is 0 Å². The van der Waals surface area contributed by atoms with Crippen molar-refractivity contribution in [3.8, 4) is 22.2 Å². The van der Waals surface area contributed by atoms with Gasteiger partial charge in [0.15, 0.2) is 0 Å². The second kappa shape index (κ2) is 8.49. The molecule has 160 valence electrons. The normalized spacial score (nSPS) is 11.6. The van der Waals surface area contributed by atoms with Crippen molar-refractivity contribution in [1.29, 1.82) is 0 Å². The first-order chi connectivity index (χ1) is 14.8. The summed E-state index contributed by atoms with van der Waals surface area (Å²) in [5.41, 5.74) is 3.41. The summed E-state index contributed by atoms with van der Waals surface area (Å²) in [6, 6.07) is 15.1. The molecule has 0 amide bonds. The first-order valence-corrected chi connectivity index (χ1v) is 13.0.